The van der Waals surface area contributed by atoms with Gasteiger partial charge >= 0.3 is 5.97 Å². The fourth-order valence-corrected chi connectivity index (χ4v) is 1.23. The lowest BCUT2D eigenvalue weighted by molar-refractivity contribution is 0.0683. The molecular weight excluding hydrogens is 264 g/mol. The normalized spacial score (nSPS) is 11.1. The first-order chi connectivity index (χ1) is 7.91. The molecule has 0 amide bonds. The molecule has 0 saturated carbocycles. The Morgan fingerprint density at radius 2 is 1.59 bits per heavy atom. The van der Waals surface area contributed by atoms with E-state index in [4.69, 9.17) is 16.7 Å². The Labute approximate surface area is 98.1 Å². The minimum atomic E-state index is -2.09. The highest BCUT2D eigenvalue weighted by atomic mass is 35.5. The molecule has 17 heavy (non-hydrogen) atoms. The van der Waals surface area contributed by atoms with Crippen molar-refractivity contribution in [1.82, 2.24) is 0 Å². The largest absolute Gasteiger partial charge is 0.477 e. The van der Waals surface area contributed by atoms with Crippen LogP contribution >= 0.6 is 11.6 Å². The first-order valence-electron chi connectivity index (χ1n) is 4.23. The number of alkyl halides is 1. The average Bonchev–Trinajstić information content (AvgIpc) is 2.26. The van der Waals surface area contributed by atoms with E-state index in [2.05, 4.69) is 0 Å². The van der Waals surface area contributed by atoms with E-state index in [1.54, 1.807) is 0 Å². The quantitative estimate of drug-likeness (QED) is 0.519. The molecule has 0 heterocycles. The van der Waals surface area contributed by atoms with Gasteiger partial charge in [0.25, 0.3) is 0 Å². The van der Waals surface area contributed by atoms with E-state index in [1.807, 2.05) is 0 Å². The monoisotopic (exact) mass is 268 g/mol. The van der Waals surface area contributed by atoms with Crippen LogP contribution in [0.15, 0.2) is 6.08 Å². The molecule has 1 N–H and O–H groups in total. The highest BCUT2D eigenvalue weighted by molar-refractivity contribution is 6.19. The zero-order chi connectivity index (χ0) is 13.2. The second kappa shape index (κ2) is 5.18. The van der Waals surface area contributed by atoms with E-state index in [-0.39, 0.29) is 5.88 Å². The minimum Gasteiger partial charge on any atom is -0.477 e. The van der Waals surface area contributed by atoms with Gasteiger partial charge in [0.2, 0.25) is 0 Å². The van der Waals surface area contributed by atoms with Crippen molar-refractivity contribution in [3.8, 4) is 0 Å². The van der Waals surface area contributed by atoms with Gasteiger partial charge < -0.3 is 5.11 Å². The standard InChI is InChI=1S/C10H5ClF4O2/c11-3-1-2-4-6(12)8(14)5(10(16)17)9(15)7(4)13/h1-2H,3H2,(H,16,17). The van der Waals surface area contributed by atoms with Crippen LogP contribution in [-0.2, 0) is 0 Å². The highest BCUT2D eigenvalue weighted by Crippen LogP contribution is 2.25. The predicted octanol–water partition coefficient (Wildman–Crippen LogP) is 3.19. The summed E-state index contributed by atoms with van der Waals surface area (Å²) in [6, 6.07) is 0. The molecule has 1 rings (SSSR count). The Bertz CT molecular complexity index is 471. The van der Waals surface area contributed by atoms with Crippen molar-refractivity contribution in [2.24, 2.45) is 0 Å². The van der Waals surface area contributed by atoms with Crippen molar-refractivity contribution < 1.29 is 27.5 Å². The van der Waals surface area contributed by atoms with Crippen LogP contribution in [0.5, 0.6) is 0 Å². The van der Waals surface area contributed by atoms with Gasteiger partial charge in [-0.15, -0.1) is 11.6 Å². The molecule has 2 nitrogen and oxygen atoms in total. The fourth-order valence-electron chi connectivity index (χ4n) is 1.15. The maximum atomic E-state index is 13.2. The highest BCUT2D eigenvalue weighted by Gasteiger charge is 2.27. The summed E-state index contributed by atoms with van der Waals surface area (Å²) in [6.07, 6.45) is 1.79. The Balaban J connectivity index is 3.58. The Hall–Kier alpha value is -1.56. The van der Waals surface area contributed by atoms with Gasteiger partial charge in [0.1, 0.15) is 5.56 Å². The molecule has 0 atom stereocenters. The fraction of sp³-hybridized carbons (Fsp3) is 0.100. The summed E-state index contributed by atoms with van der Waals surface area (Å²) in [5, 5.41) is 8.41. The lowest BCUT2D eigenvalue weighted by Crippen LogP contribution is -2.11. The molecule has 0 fully saturated rings. The van der Waals surface area contributed by atoms with E-state index in [1.165, 1.54) is 0 Å². The van der Waals surface area contributed by atoms with E-state index < -0.39 is 40.4 Å². The number of hydrogen-bond acceptors (Lipinski definition) is 1. The van der Waals surface area contributed by atoms with Gasteiger partial charge in [-0.05, 0) is 0 Å². The maximum absolute atomic E-state index is 13.2. The van der Waals surface area contributed by atoms with Crippen LogP contribution in [0.25, 0.3) is 6.08 Å². The van der Waals surface area contributed by atoms with Crippen molar-refractivity contribution in [2.75, 3.05) is 5.88 Å². The van der Waals surface area contributed by atoms with Crippen LogP contribution in [0.2, 0.25) is 0 Å². The minimum absolute atomic E-state index is 0.122. The summed E-state index contributed by atoms with van der Waals surface area (Å²) in [4.78, 5) is 10.4. The third kappa shape index (κ3) is 2.41. The predicted molar refractivity (Wildman–Crippen MR) is 53.0 cm³/mol. The summed E-state index contributed by atoms with van der Waals surface area (Å²) < 4.78 is 52.8. The number of carboxylic acids is 1. The number of aromatic carboxylic acids is 1. The number of halogens is 5. The first kappa shape index (κ1) is 13.5. The van der Waals surface area contributed by atoms with Crippen LogP contribution in [0, 0.1) is 23.3 Å². The molecule has 7 heteroatoms. The van der Waals surface area contributed by atoms with Crippen molar-refractivity contribution in [3.63, 3.8) is 0 Å². The second-order valence-corrected chi connectivity index (χ2v) is 3.22. The van der Waals surface area contributed by atoms with Crippen molar-refractivity contribution in [2.45, 2.75) is 0 Å². The molecule has 0 aliphatic heterocycles. The molecular formula is C10H5ClF4O2. The van der Waals surface area contributed by atoms with Crippen LogP contribution in [0.3, 0.4) is 0 Å². The molecule has 0 spiro atoms. The lowest BCUT2D eigenvalue weighted by Gasteiger charge is -2.06. The summed E-state index contributed by atoms with van der Waals surface area (Å²) in [5.41, 5.74) is -2.67. The smallest absolute Gasteiger partial charge is 0.341 e. The number of allylic oxidation sites excluding steroid dienone is 1. The maximum Gasteiger partial charge on any atom is 0.341 e. The topological polar surface area (TPSA) is 37.3 Å². The Kier molecular flexibility index (Phi) is 4.11. The summed E-state index contributed by atoms with van der Waals surface area (Å²) in [6.45, 7) is 0. The molecule has 0 unspecified atom stereocenters. The summed E-state index contributed by atoms with van der Waals surface area (Å²) in [5.74, 6) is -9.67. The number of carboxylic acid groups (broad SMARTS) is 1. The molecule has 0 aliphatic rings. The summed E-state index contributed by atoms with van der Waals surface area (Å²) in [7, 11) is 0. The Morgan fingerprint density at radius 1 is 1.12 bits per heavy atom. The Morgan fingerprint density at radius 3 is 1.94 bits per heavy atom. The summed E-state index contributed by atoms with van der Waals surface area (Å²) >= 11 is 5.20. The molecule has 0 aromatic heterocycles. The van der Waals surface area contributed by atoms with Gasteiger partial charge in [-0.2, -0.15) is 0 Å². The molecule has 1 aromatic rings. The van der Waals surface area contributed by atoms with E-state index in [0.29, 0.717) is 0 Å². The molecule has 0 aliphatic carbocycles. The first-order valence-corrected chi connectivity index (χ1v) is 4.77. The van der Waals surface area contributed by atoms with Crippen molar-refractivity contribution >= 4 is 23.6 Å². The molecule has 0 radical (unpaired) electrons. The average molecular weight is 269 g/mol. The third-order valence-corrected chi connectivity index (χ3v) is 2.06. The van der Waals surface area contributed by atoms with Crippen LogP contribution < -0.4 is 0 Å². The van der Waals surface area contributed by atoms with E-state index in [0.717, 1.165) is 12.2 Å². The molecule has 92 valence electrons. The van der Waals surface area contributed by atoms with Gasteiger partial charge in [0.05, 0.1) is 5.56 Å². The van der Waals surface area contributed by atoms with Gasteiger partial charge in [0, 0.05) is 5.88 Å². The van der Waals surface area contributed by atoms with Crippen molar-refractivity contribution in [3.05, 3.63) is 40.5 Å². The third-order valence-electron chi connectivity index (χ3n) is 1.88. The van der Waals surface area contributed by atoms with E-state index >= 15 is 0 Å². The number of carbonyl (C=O) groups is 1. The van der Waals surface area contributed by atoms with Gasteiger partial charge in [-0.3, -0.25) is 0 Å². The van der Waals surface area contributed by atoms with Gasteiger partial charge in [-0.1, -0.05) is 12.2 Å². The second-order valence-electron chi connectivity index (χ2n) is 2.91. The molecule has 0 saturated heterocycles. The molecule has 1 aromatic carbocycles. The van der Waals surface area contributed by atoms with E-state index in [9.17, 15) is 22.4 Å². The van der Waals surface area contributed by atoms with Crippen LogP contribution in [0.1, 0.15) is 15.9 Å². The number of rotatable bonds is 3. The number of benzene rings is 1. The van der Waals surface area contributed by atoms with Crippen LogP contribution in [0.4, 0.5) is 17.6 Å². The number of hydrogen-bond donors (Lipinski definition) is 1. The zero-order valence-corrected chi connectivity index (χ0v) is 8.86. The zero-order valence-electron chi connectivity index (χ0n) is 8.11. The van der Waals surface area contributed by atoms with Crippen molar-refractivity contribution in [1.29, 1.82) is 0 Å². The van der Waals surface area contributed by atoms with Crippen LogP contribution in [-0.4, -0.2) is 17.0 Å². The van der Waals surface area contributed by atoms with Gasteiger partial charge in [0.15, 0.2) is 23.3 Å². The SMILES string of the molecule is O=C(O)c1c(F)c(F)c(C=CCCl)c(F)c1F. The molecule has 0 bridgehead atoms. The lowest BCUT2D eigenvalue weighted by atomic mass is 10.1. The van der Waals surface area contributed by atoms with Gasteiger partial charge in [-0.25, -0.2) is 22.4 Å².